The van der Waals surface area contributed by atoms with E-state index in [-0.39, 0.29) is 11.8 Å². The molecule has 0 saturated carbocycles. The van der Waals surface area contributed by atoms with Gasteiger partial charge in [0.25, 0.3) is 0 Å². The summed E-state index contributed by atoms with van der Waals surface area (Å²) >= 11 is 0. The number of benzene rings is 2. The highest BCUT2D eigenvalue weighted by molar-refractivity contribution is 5.74. The highest BCUT2D eigenvalue weighted by Gasteiger charge is 2.24. The molecular weight excluding hydrogens is 343 g/mol. The summed E-state index contributed by atoms with van der Waals surface area (Å²) in [6.07, 6.45) is 3.59. The van der Waals surface area contributed by atoms with Crippen LogP contribution < -0.4 is 10.6 Å². The van der Waals surface area contributed by atoms with Gasteiger partial charge in [-0.1, -0.05) is 50.2 Å². The molecule has 0 spiro atoms. The van der Waals surface area contributed by atoms with Gasteiger partial charge in [0.15, 0.2) is 0 Å². The van der Waals surface area contributed by atoms with Crippen LogP contribution in [0.2, 0.25) is 0 Å². The minimum Gasteiger partial charge on any atom is -0.337 e. The van der Waals surface area contributed by atoms with E-state index in [0.717, 1.165) is 11.3 Å². The standard InChI is InChI=1S/C21H23FN4O/c1-21(2,18-10-6-7-11-19(18)22)15-24-20(27)23-12-16-13-25-26(14-16)17-8-4-3-5-9-17/h3-11,13-14H,12,15H2,1-2H3,(H2,23,24,27). The molecule has 3 aromatic rings. The monoisotopic (exact) mass is 366 g/mol. The van der Waals surface area contributed by atoms with E-state index in [9.17, 15) is 9.18 Å². The maximum Gasteiger partial charge on any atom is 0.315 e. The number of aromatic nitrogens is 2. The Balaban J connectivity index is 1.52. The maximum absolute atomic E-state index is 14.0. The Labute approximate surface area is 158 Å². The summed E-state index contributed by atoms with van der Waals surface area (Å²) in [5.74, 6) is -0.266. The van der Waals surface area contributed by atoms with Crippen LogP contribution in [-0.4, -0.2) is 22.4 Å². The van der Waals surface area contributed by atoms with E-state index in [1.54, 1.807) is 29.1 Å². The molecule has 2 aromatic carbocycles. The summed E-state index contributed by atoms with van der Waals surface area (Å²) < 4.78 is 15.7. The van der Waals surface area contributed by atoms with Gasteiger partial charge in [-0.3, -0.25) is 0 Å². The van der Waals surface area contributed by atoms with Gasteiger partial charge in [0.1, 0.15) is 5.82 Å². The van der Waals surface area contributed by atoms with Crippen molar-refractivity contribution in [3.8, 4) is 5.69 Å². The molecule has 3 rings (SSSR count). The zero-order valence-corrected chi connectivity index (χ0v) is 15.4. The van der Waals surface area contributed by atoms with Crippen molar-refractivity contribution in [2.75, 3.05) is 6.54 Å². The Bertz CT molecular complexity index is 905. The molecule has 27 heavy (non-hydrogen) atoms. The summed E-state index contributed by atoms with van der Waals surface area (Å²) in [4.78, 5) is 12.1. The van der Waals surface area contributed by atoms with E-state index in [1.807, 2.05) is 50.4 Å². The number of halogens is 1. The number of para-hydroxylation sites is 1. The van der Waals surface area contributed by atoms with E-state index in [0.29, 0.717) is 18.7 Å². The van der Waals surface area contributed by atoms with Crippen LogP contribution in [0.4, 0.5) is 9.18 Å². The molecular formula is C21H23FN4O. The average Bonchev–Trinajstić information content (AvgIpc) is 3.15. The van der Waals surface area contributed by atoms with E-state index in [4.69, 9.17) is 0 Å². The van der Waals surface area contributed by atoms with E-state index in [2.05, 4.69) is 15.7 Å². The van der Waals surface area contributed by atoms with Crippen molar-refractivity contribution in [3.05, 3.63) is 83.9 Å². The molecule has 0 aliphatic carbocycles. The van der Waals surface area contributed by atoms with Crippen LogP contribution in [0, 0.1) is 5.82 Å². The molecule has 0 bridgehead atoms. The molecule has 0 aliphatic rings. The Morgan fingerprint density at radius 3 is 2.52 bits per heavy atom. The molecule has 5 nitrogen and oxygen atoms in total. The lowest BCUT2D eigenvalue weighted by Crippen LogP contribution is -2.42. The lowest BCUT2D eigenvalue weighted by atomic mass is 9.84. The predicted octanol–water partition coefficient (Wildman–Crippen LogP) is 3.79. The highest BCUT2D eigenvalue weighted by Crippen LogP contribution is 2.24. The topological polar surface area (TPSA) is 59.0 Å². The number of hydrogen-bond donors (Lipinski definition) is 2. The molecule has 0 atom stereocenters. The second-order valence-electron chi connectivity index (χ2n) is 7.03. The minimum absolute atomic E-state index is 0.266. The van der Waals surface area contributed by atoms with Crippen LogP contribution in [0.3, 0.4) is 0 Å². The number of amides is 2. The number of carbonyl (C=O) groups is 1. The maximum atomic E-state index is 14.0. The van der Waals surface area contributed by atoms with Crippen molar-refractivity contribution in [1.29, 1.82) is 0 Å². The Morgan fingerprint density at radius 1 is 1.07 bits per heavy atom. The summed E-state index contributed by atoms with van der Waals surface area (Å²) in [6.45, 7) is 4.48. The fourth-order valence-electron chi connectivity index (χ4n) is 2.82. The first-order valence-corrected chi connectivity index (χ1v) is 8.81. The van der Waals surface area contributed by atoms with Crippen LogP contribution in [0.15, 0.2) is 67.0 Å². The summed E-state index contributed by atoms with van der Waals surface area (Å²) in [5, 5.41) is 9.92. The van der Waals surface area contributed by atoms with Gasteiger partial charge in [-0.05, 0) is 23.8 Å². The van der Waals surface area contributed by atoms with Gasteiger partial charge in [-0.2, -0.15) is 5.10 Å². The molecule has 0 aliphatic heterocycles. The smallest absolute Gasteiger partial charge is 0.315 e. The Kier molecular flexibility index (Phi) is 5.54. The van der Waals surface area contributed by atoms with E-state index < -0.39 is 5.41 Å². The number of rotatable bonds is 6. The van der Waals surface area contributed by atoms with Crippen molar-refractivity contribution in [2.24, 2.45) is 0 Å². The van der Waals surface area contributed by atoms with Crippen LogP contribution in [0.5, 0.6) is 0 Å². The normalized spacial score (nSPS) is 11.2. The third-order valence-electron chi connectivity index (χ3n) is 4.40. The molecule has 0 radical (unpaired) electrons. The third-order valence-corrected chi connectivity index (χ3v) is 4.40. The fraction of sp³-hybridized carbons (Fsp3) is 0.238. The van der Waals surface area contributed by atoms with Crippen LogP contribution in [0.1, 0.15) is 25.0 Å². The molecule has 0 saturated heterocycles. The van der Waals surface area contributed by atoms with E-state index in [1.165, 1.54) is 6.07 Å². The van der Waals surface area contributed by atoms with Crippen molar-refractivity contribution in [3.63, 3.8) is 0 Å². The van der Waals surface area contributed by atoms with Crippen LogP contribution >= 0.6 is 0 Å². The lowest BCUT2D eigenvalue weighted by molar-refractivity contribution is 0.238. The van der Waals surface area contributed by atoms with Gasteiger partial charge >= 0.3 is 6.03 Å². The predicted molar refractivity (Wildman–Crippen MR) is 103 cm³/mol. The first-order valence-electron chi connectivity index (χ1n) is 8.81. The fourth-order valence-corrected chi connectivity index (χ4v) is 2.82. The average molecular weight is 366 g/mol. The molecule has 1 aromatic heterocycles. The van der Waals surface area contributed by atoms with Gasteiger partial charge in [0.05, 0.1) is 11.9 Å². The first-order chi connectivity index (χ1) is 13.0. The van der Waals surface area contributed by atoms with Crippen LogP contribution in [0.25, 0.3) is 5.69 Å². The molecule has 140 valence electrons. The minimum atomic E-state index is -0.513. The number of nitrogens with one attached hydrogen (secondary N) is 2. The molecule has 0 unspecified atom stereocenters. The van der Waals surface area contributed by atoms with Crippen molar-refractivity contribution < 1.29 is 9.18 Å². The number of nitrogens with zero attached hydrogens (tertiary/aromatic N) is 2. The summed E-state index contributed by atoms with van der Waals surface area (Å²) in [7, 11) is 0. The van der Waals surface area contributed by atoms with Gasteiger partial charge in [-0.15, -0.1) is 0 Å². The summed E-state index contributed by atoms with van der Waals surface area (Å²) in [5.41, 5.74) is 1.91. The molecule has 6 heteroatoms. The highest BCUT2D eigenvalue weighted by atomic mass is 19.1. The quantitative estimate of drug-likeness (QED) is 0.697. The number of urea groups is 1. The molecule has 0 fully saturated rings. The molecule has 2 amide bonds. The Hall–Kier alpha value is -3.15. The van der Waals surface area contributed by atoms with Gasteiger partial charge < -0.3 is 10.6 Å². The molecule has 2 N–H and O–H groups in total. The largest absolute Gasteiger partial charge is 0.337 e. The first kappa shape index (κ1) is 18.6. The SMILES string of the molecule is CC(C)(CNC(=O)NCc1cnn(-c2ccccc2)c1)c1ccccc1F. The van der Waals surface area contributed by atoms with Gasteiger partial charge in [-0.25, -0.2) is 13.9 Å². The Morgan fingerprint density at radius 2 is 1.78 bits per heavy atom. The van der Waals surface area contributed by atoms with Crippen LogP contribution in [-0.2, 0) is 12.0 Å². The third kappa shape index (κ3) is 4.73. The van der Waals surface area contributed by atoms with Gasteiger partial charge in [0, 0.05) is 30.3 Å². The molecule has 1 heterocycles. The lowest BCUT2D eigenvalue weighted by Gasteiger charge is -2.26. The second-order valence-corrected chi connectivity index (χ2v) is 7.03. The van der Waals surface area contributed by atoms with E-state index >= 15 is 0 Å². The zero-order valence-electron chi connectivity index (χ0n) is 15.4. The van der Waals surface area contributed by atoms with Crippen molar-refractivity contribution >= 4 is 6.03 Å². The number of hydrogen-bond acceptors (Lipinski definition) is 2. The van der Waals surface area contributed by atoms with Crippen molar-refractivity contribution in [1.82, 2.24) is 20.4 Å². The second kappa shape index (κ2) is 8.03. The van der Waals surface area contributed by atoms with Gasteiger partial charge in [0.2, 0.25) is 0 Å². The number of carbonyl (C=O) groups excluding carboxylic acids is 1. The zero-order chi connectivity index (χ0) is 19.3. The van der Waals surface area contributed by atoms with Crippen molar-refractivity contribution in [2.45, 2.75) is 25.8 Å². The summed E-state index contributed by atoms with van der Waals surface area (Å²) in [6, 6.07) is 16.1.